The molecule has 0 bridgehead atoms. The number of hydrogen-bond donors (Lipinski definition) is 0. The third kappa shape index (κ3) is 3.38. The molecule has 1 nitrogen and oxygen atoms in total. The minimum absolute atomic E-state index is 0.499. The first kappa shape index (κ1) is 12.2. The van der Waals surface area contributed by atoms with Gasteiger partial charge in [-0.1, -0.05) is 59.9 Å². The van der Waals surface area contributed by atoms with Crippen LogP contribution in [0.1, 0.15) is 5.56 Å². The van der Waals surface area contributed by atoms with Crippen LogP contribution in [-0.2, 0) is 6.42 Å². The Hall–Kier alpha value is 0.150. The molecule has 4 heteroatoms. The van der Waals surface area contributed by atoms with Gasteiger partial charge in [-0.2, -0.15) is 5.26 Å². The molecule has 0 aliphatic heterocycles. The Labute approximate surface area is 109 Å². The molecule has 0 radical (unpaired) electrons. The van der Waals surface area contributed by atoms with Gasteiger partial charge in [-0.05, 0) is 17.7 Å². The normalized spacial score (nSPS) is 14.4. The lowest BCUT2D eigenvalue weighted by Gasteiger charge is -2.15. The Bertz CT molecular complexity index is 341. The molecule has 14 heavy (non-hydrogen) atoms. The molecule has 0 saturated carbocycles. The molecule has 0 fully saturated rings. The second-order valence-electron chi connectivity index (χ2n) is 3.01. The third-order valence-corrected chi connectivity index (χ3v) is 4.79. The molecular formula is C10H8Br3N. The van der Waals surface area contributed by atoms with Crippen LogP contribution in [0.4, 0.5) is 0 Å². The summed E-state index contributed by atoms with van der Waals surface area (Å²) in [5, 5.41) is 9.58. The topological polar surface area (TPSA) is 23.8 Å². The van der Waals surface area contributed by atoms with E-state index in [1.54, 1.807) is 0 Å². The zero-order valence-electron chi connectivity index (χ0n) is 7.30. The summed E-state index contributed by atoms with van der Waals surface area (Å²) in [6.07, 6.45) is 0.696. The second-order valence-corrected chi connectivity index (χ2v) is 6.01. The van der Waals surface area contributed by atoms with Crippen molar-refractivity contribution in [2.24, 2.45) is 0 Å². The summed E-state index contributed by atoms with van der Waals surface area (Å²) in [6, 6.07) is 10.2. The highest BCUT2D eigenvalue weighted by atomic mass is 79.9. The van der Waals surface area contributed by atoms with E-state index in [-0.39, 0.29) is 0 Å². The standard InChI is InChI=1S/C10H8Br3N/c11-6-10(13,7-14)5-8-1-3-9(12)4-2-8/h1-4H,5-6H2. The van der Waals surface area contributed by atoms with Crippen LogP contribution in [0.2, 0.25) is 0 Å². The number of nitrogens with zero attached hydrogens (tertiary/aromatic N) is 1. The number of nitriles is 1. The number of rotatable bonds is 3. The Morgan fingerprint density at radius 3 is 2.29 bits per heavy atom. The van der Waals surface area contributed by atoms with Gasteiger partial charge in [0.1, 0.15) is 4.32 Å². The number of halogens is 3. The summed E-state index contributed by atoms with van der Waals surface area (Å²) in [5.41, 5.74) is 1.14. The Morgan fingerprint density at radius 2 is 1.86 bits per heavy atom. The zero-order chi connectivity index (χ0) is 10.6. The van der Waals surface area contributed by atoms with Crippen molar-refractivity contribution < 1.29 is 0 Å². The van der Waals surface area contributed by atoms with Crippen molar-refractivity contribution in [2.75, 3.05) is 5.33 Å². The quantitative estimate of drug-likeness (QED) is 0.725. The summed E-state index contributed by atoms with van der Waals surface area (Å²) in [5.74, 6) is 0. The van der Waals surface area contributed by atoms with Gasteiger partial charge in [-0.25, -0.2) is 0 Å². The molecule has 1 unspecified atom stereocenters. The van der Waals surface area contributed by atoms with Gasteiger partial charge in [0.25, 0.3) is 0 Å². The molecule has 0 amide bonds. The highest BCUT2D eigenvalue weighted by molar-refractivity contribution is 9.12. The fraction of sp³-hybridized carbons (Fsp3) is 0.300. The van der Waals surface area contributed by atoms with E-state index in [1.165, 1.54) is 0 Å². The summed E-state index contributed by atoms with van der Waals surface area (Å²) < 4.78 is 0.554. The van der Waals surface area contributed by atoms with E-state index in [4.69, 9.17) is 5.26 Å². The van der Waals surface area contributed by atoms with E-state index in [0.29, 0.717) is 11.8 Å². The van der Waals surface area contributed by atoms with E-state index < -0.39 is 4.32 Å². The second kappa shape index (κ2) is 5.29. The van der Waals surface area contributed by atoms with Crippen molar-refractivity contribution >= 4 is 47.8 Å². The van der Waals surface area contributed by atoms with Crippen molar-refractivity contribution in [3.63, 3.8) is 0 Å². The van der Waals surface area contributed by atoms with Gasteiger partial charge in [-0.3, -0.25) is 0 Å². The summed E-state index contributed by atoms with van der Waals surface area (Å²) in [4.78, 5) is 0. The molecule has 0 aromatic heterocycles. The molecule has 0 aliphatic carbocycles. The number of hydrogen-bond acceptors (Lipinski definition) is 1. The van der Waals surface area contributed by atoms with E-state index in [0.717, 1.165) is 10.0 Å². The Kier molecular flexibility index (Phi) is 4.62. The highest BCUT2D eigenvalue weighted by Crippen LogP contribution is 2.25. The Morgan fingerprint density at radius 1 is 1.29 bits per heavy atom. The van der Waals surface area contributed by atoms with Crippen LogP contribution >= 0.6 is 47.8 Å². The lowest BCUT2D eigenvalue weighted by Crippen LogP contribution is -2.23. The molecule has 1 aromatic rings. The maximum atomic E-state index is 8.97. The molecule has 0 N–H and O–H groups in total. The van der Waals surface area contributed by atoms with Crippen LogP contribution in [0.3, 0.4) is 0 Å². The number of benzene rings is 1. The van der Waals surface area contributed by atoms with Crippen LogP contribution in [0.25, 0.3) is 0 Å². The smallest absolute Gasteiger partial charge is 0.126 e. The van der Waals surface area contributed by atoms with E-state index >= 15 is 0 Å². The molecular weight excluding hydrogens is 374 g/mol. The van der Waals surface area contributed by atoms with Crippen molar-refractivity contribution in [3.8, 4) is 6.07 Å². The van der Waals surface area contributed by atoms with Crippen molar-refractivity contribution in [2.45, 2.75) is 10.7 Å². The van der Waals surface area contributed by atoms with Crippen LogP contribution in [0.15, 0.2) is 28.7 Å². The lowest BCUT2D eigenvalue weighted by atomic mass is 10.0. The average Bonchev–Trinajstić information content (AvgIpc) is 2.21. The van der Waals surface area contributed by atoms with Gasteiger partial charge in [-0.15, -0.1) is 0 Å². The van der Waals surface area contributed by atoms with Gasteiger partial charge in [0.05, 0.1) is 6.07 Å². The van der Waals surface area contributed by atoms with Crippen LogP contribution in [0.5, 0.6) is 0 Å². The molecule has 0 saturated heterocycles. The summed E-state index contributed by atoms with van der Waals surface area (Å²) >= 11 is 10.1. The molecule has 0 aliphatic rings. The zero-order valence-corrected chi connectivity index (χ0v) is 12.1. The minimum Gasteiger partial charge on any atom is -0.197 e. The fourth-order valence-electron chi connectivity index (χ4n) is 1.04. The van der Waals surface area contributed by atoms with Crippen LogP contribution in [-0.4, -0.2) is 9.65 Å². The first-order valence-electron chi connectivity index (χ1n) is 4.00. The summed E-state index contributed by atoms with van der Waals surface area (Å²) in [6.45, 7) is 0. The van der Waals surface area contributed by atoms with Crippen molar-refractivity contribution in [1.29, 1.82) is 5.26 Å². The van der Waals surface area contributed by atoms with E-state index in [9.17, 15) is 0 Å². The van der Waals surface area contributed by atoms with Crippen molar-refractivity contribution in [1.82, 2.24) is 0 Å². The monoisotopic (exact) mass is 379 g/mol. The maximum Gasteiger partial charge on any atom is 0.126 e. The van der Waals surface area contributed by atoms with Gasteiger partial charge < -0.3 is 0 Å². The number of alkyl halides is 2. The fourth-order valence-corrected chi connectivity index (χ4v) is 1.95. The van der Waals surface area contributed by atoms with Gasteiger partial charge in [0.15, 0.2) is 0 Å². The molecule has 1 aromatic carbocycles. The molecule has 0 heterocycles. The van der Waals surface area contributed by atoms with Gasteiger partial charge in [0, 0.05) is 16.2 Å². The first-order valence-corrected chi connectivity index (χ1v) is 6.71. The van der Waals surface area contributed by atoms with E-state index in [2.05, 4.69) is 53.9 Å². The highest BCUT2D eigenvalue weighted by Gasteiger charge is 2.25. The Balaban J connectivity index is 2.79. The predicted octanol–water partition coefficient (Wildman–Crippen LogP) is 4.04. The van der Waals surface area contributed by atoms with Crippen LogP contribution < -0.4 is 0 Å². The van der Waals surface area contributed by atoms with Crippen LogP contribution in [0, 0.1) is 11.3 Å². The van der Waals surface area contributed by atoms with E-state index in [1.807, 2.05) is 24.3 Å². The maximum absolute atomic E-state index is 8.97. The van der Waals surface area contributed by atoms with Gasteiger partial charge in [0.2, 0.25) is 0 Å². The average molecular weight is 382 g/mol. The molecule has 1 rings (SSSR count). The molecule has 74 valence electrons. The SMILES string of the molecule is N#CC(Br)(CBr)Cc1ccc(Br)cc1. The first-order chi connectivity index (χ1) is 6.59. The lowest BCUT2D eigenvalue weighted by molar-refractivity contribution is 0.830. The minimum atomic E-state index is -0.499. The van der Waals surface area contributed by atoms with Gasteiger partial charge >= 0.3 is 0 Å². The van der Waals surface area contributed by atoms with Crippen molar-refractivity contribution in [3.05, 3.63) is 34.3 Å². The largest absolute Gasteiger partial charge is 0.197 e. The molecule has 0 spiro atoms. The predicted molar refractivity (Wildman–Crippen MR) is 68.9 cm³/mol. The summed E-state index contributed by atoms with van der Waals surface area (Å²) in [7, 11) is 0. The molecule has 1 atom stereocenters. The third-order valence-electron chi connectivity index (χ3n) is 1.81.